The number of alkyl halides is 6. The molecule has 80 heavy (non-hydrogen) atoms. The highest BCUT2D eigenvalue weighted by molar-refractivity contribution is 9.10. The van der Waals surface area contributed by atoms with Gasteiger partial charge in [-0.2, -0.15) is 26.3 Å². The van der Waals surface area contributed by atoms with E-state index in [0.717, 1.165) is 4.47 Å². The highest BCUT2D eigenvalue weighted by atomic mass is 79.9. The average molecular weight is 1180 g/mol. The topological polar surface area (TPSA) is 253 Å². The summed E-state index contributed by atoms with van der Waals surface area (Å²) in [7, 11) is -0.448. The lowest BCUT2D eigenvalue weighted by Gasteiger charge is -2.35. The first-order chi connectivity index (χ1) is 37.7. The van der Waals surface area contributed by atoms with Gasteiger partial charge in [0.25, 0.3) is 0 Å². The number of anilines is 6. The van der Waals surface area contributed by atoms with Crippen LogP contribution in [0, 0.1) is 13.8 Å². The number of urea groups is 2. The molecule has 11 heterocycles. The largest absolute Gasteiger partial charge is 0.534 e. The van der Waals surface area contributed by atoms with E-state index in [4.69, 9.17) is 18.1 Å². The number of nitrogens with one attached hydrogen (secondary N) is 2. The normalized spacial score (nSPS) is 18.4. The average Bonchev–Trinajstić information content (AvgIpc) is 4.25. The number of halogens is 7. The van der Waals surface area contributed by atoms with Gasteiger partial charge in [0.1, 0.15) is 11.6 Å². The molecule has 4 bridgehead atoms. The highest BCUT2D eigenvalue weighted by Crippen LogP contribution is 2.41. The minimum absolute atomic E-state index is 0.183. The Labute approximate surface area is 461 Å². The summed E-state index contributed by atoms with van der Waals surface area (Å²) in [5.74, 6) is 0.277. The maximum Gasteiger partial charge on any atom is 0.534 e. The molecule has 11 rings (SSSR count). The molecule has 0 radical (unpaired) electrons. The molecule has 4 amide bonds. The number of fused-ring (bicyclic) bond motifs is 8. The fraction of sp³-hybridized carbons (Fsp3) is 0.440. The zero-order valence-corrected chi connectivity index (χ0v) is 45.4. The minimum Gasteiger partial charge on any atom is -0.450 e. The first-order valence-electron chi connectivity index (χ1n) is 25.1. The van der Waals surface area contributed by atoms with Gasteiger partial charge in [-0.05, 0) is 64.8 Å². The van der Waals surface area contributed by atoms with Crippen molar-refractivity contribution in [3.8, 4) is 11.3 Å². The number of carbonyl (C=O) groups is 4. The number of ketones is 2. The molecule has 0 unspecified atom stereocenters. The number of aryl methyl sites for hydroxylation is 2. The van der Waals surface area contributed by atoms with Crippen molar-refractivity contribution in [3.05, 3.63) is 89.3 Å². The molecule has 2 atom stereocenters. The molecule has 3 saturated heterocycles. The van der Waals surface area contributed by atoms with E-state index in [1.807, 2.05) is 37.5 Å². The lowest BCUT2D eigenvalue weighted by Crippen LogP contribution is -2.48. The van der Waals surface area contributed by atoms with Gasteiger partial charge in [0.2, 0.25) is 0 Å². The van der Waals surface area contributed by atoms with Gasteiger partial charge in [-0.15, -0.1) is 0 Å². The number of carbonyl (C=O) groups excluding carboxylic acids is 4. The maximum atomic E-state index is 13.3. The number of hydrogen-bond acceptors (Lipinski definition) is 18. The van der Waals surface area contributed by atoms with E-state index in [1.54, 1.807) is 50.5 Å². The molecular formula is C50H52BBrF6N14O8. The lowest BCUT2D eigenvalue weighted by atomic mass is 9.87. The van der Waals surface area contributed by atoms with Crippen LogP contribution in [0.15, 0.2) is 74.8 Å². The molecular weight excluding hydrogens is 1130 g/mol. The summed E-state index contributed by atoms with van der Waals surface area (Å²) in [6, 6.07) is 5.28. The van der Waals surface area contributed by atoms with Crippen LogP contribution in [0.25, 0.3) is 11.3 Å². The Morgan fingerprint density at radius 1 is 0.662 bits per heavy atom. The zero-order chi connectivity index (χ0) is 57.5. The number of amides is 4. The van der Waals surface area contributed by atoms with Gasteiger partial charge in [0.05, 0.1) is 72.3 Å². The van der Waals surface area contributed by atoms with Gasteiger partial charge in [0.15, 0.2) is 58.1 Å². The molecule has 30 heteroatoms. The molecule has 5 aliphatic rings. The van der Waals surface area contributed by atoms with Gasteiger partial charge >= 0.3 is 31.5 Å². The van der Waals surface area contributed by atoms with Gasteiger partial charge in [-0.1, -0.05) is 15.9 Å². The molecule has 6 aromatic heterocycles. The van der Waals surface area contributed by atoms with Crippen molar-refractivity contribution in [2.75, 3.05) is 56.4 Å². The van der Waals surface area contributed by atoms with Crippen molar-refractivity contribution in [1.82, 2.24) is 39.9 Å². The van der Waals surface area contributed by atoms with Crippen LogP contribution in [0.4, 0.5) is 70.6 Å². The van der Waals surface area contributed by atoms with Crippen molar-refractivity contribution >= 4 is 87.0 Å². The van der Waals surface area contributed by atoms with Crippen molar-refractivity contribution in [2.45, 2.75) is 116 Å². The number of pyridine rings is 2. The second-order valence-corrected chi connectivity index (χ2v) is 21.1. The number of oxazole rings is 2. The minimum atomic E-state index is -4.47. The van der Waals surface area contributed by atoms with Crippen molar-refractivity contribution in [2.24, 2.45) is 0 Å². The quantitative estimate of drug-likeness (QED) is 0.0737. The molecule has 5 aliphatic heterocycles. The standard InChI is InChI=1S/C22H20F3N7O3.C18H16BrF3N6O2.C10H16BNO3/c1-12-27-10-17(35-12)13-3-6-26-18(8-13)29-21(34)32-14-4-7-31(11-14)15-9-28-19(30-20(15)32)16(33)2-5-22(23,24)25;19-10-2-5-23-14(7-10)25-17(30)28-11-3-6-27(9-11)12-8-24-15(26-16(12)28)13(29)1-4-18(20,21)22;1-7-12-6-8(13-7)11-14-9(2,3)10(4,5)15-11/h3,6,8-10,14H,2,4-5,7,11H2,1H3,(H,26,29,34);2,5,7-8,11H,1,3-4,6,9H2,(H,23,25,30);6H,1-5H3/t14-;11-;/m00./s1. The molecule has 6 aromatic rings. The highest BCUT2D eigenvalue weighted by Gasteiger charge is 2.53. The molecule has 0 spiro atoms. The summed E-state index contributed by atoms with van der Waals surface area (Å²) in [6.07, 6.45) is -2.55. The van der Waals surface area contributed by atoms with E-state index in [0.29, 0.717) is 85.0 Å². The van der Waals surface area contributed by atoms with Crippen molar-refractivity contribution in [1.29, 1.82) is 0 Å². The SMILES string of the molecule is Cc1ncc(-c2ccnc(NC(=O)N3c4nc(C(=O)CCC(F)(F)F)ncc4N4CC[C@H]3C4)c2)o1.Cc1ncc(B2OC(C)(C)C(C)(C)O2)o1.O=C(CCC(F)(F)F)c1ncc2c(n1)N(C(=O)Nc1cc(Br)ccn1)[C@H]1CCN2C1. The first-order valence-corrected chi connectivity index (χ1v) is 25.9. The Kier molecular flexibility index (Phi) is 16.1. The van der Waals surface area contributed by atoms with Crippen LogP contribution in [0.5, 0.6) is 0 Å². The Balaban J connectivity index is 0.000000156. The molecule has 0 aromatic carbocycles. The molecule has 0 aliphatic carbocycles. The van der Waals surface area contributed by atoms with Crippen LogP contribution < -0.4 is 35.9 Å². The number of rotatable bonds is 10. The van der Waals surface area contributed by atoms with Crippen molar-refractivity contribution < 1.29 is 63.7 Å². The number of nitrogens with zero attached hydrogens (tertiary/aromatic N) is 12. The van der Waals surface area contributed by atoms with Crippen LogP contribution in [-0.2, 0) is 9.31 Å². The first kappa shape index (κ1) is 57.1. The van der Waals surface area contributed by atoms with E-state index in [1.165, 1.54) is 34.6 Å². The lowest BCUT2D eigenvalue weighted by molar-refractivity contribution is -0.134. The number of hydrogen-bond donors (Lipinski definition) is 2. The summed E-state index contributed by atoms with van der Waals surface area (Å²) < 4.78 is 98.3. The van der Waals surface area contributed by atoms with Crippen LogP contribution in [0.3, 0.4) is 0 Å². The van der Waals surface area contributed by atoms with E-state index in [-0.39, 0.29) is 52.4 Å². The Morgan fingerprint density at radius 2 is 1.14 bits per heavy atom. The number of Topliss-reactive ketones (excluding diaryl/α,β-unsaturated/α-hetero) is 2. The fourth-order valence-electron chi connectivity index (χ4n) is 9.15. The summed E-state index contributed by atoms with van der Waals surface area (Å²) in [5, 5.41) is 5.45. The van der Waals surface area contributed by atoms with Crippen molar-refractivity contribution in [3.63, 3.8) is 0 Å². The smallest absolute Gasteiger partial charge is 0.450 e. The summed E-state index contributed by atoms with van der Waals surface area (Å²) in [4.78, 5) is 90.4. The van der Waals surface area contributed by atoms with Crippen LogP contribution in [0.1, 0.15) is 99.2 Å². The maximum absolute atomic E-state index is 13.3. The van der Waals surface area contributed by atoms with E-state index in [9.17, 15) is 45.5 Å². The molecule has 2 N–H and O–H groups in total. The predicted molar refractivity (Wildman–Crippen MR) is 281 cm³/mol. The molecule has 3 fully saturated rings. The second-order valence-electron chi connectivity index (χ2n) is 20.2. The summed E-state index contributed by atoms with van der Waals surface area (Å²) >= 11 is 3.31. The second kappa shape index (κ2) is 22.5. The molecule has 22 nitrogen and oxygen atoms in total. The van der Waals surface area contributed by atoms with Crippen LogP contribution in [-0.4, -0.2) is 132 Å². The van der Waals surface area contributed by atoms with E-state index >= 15 is 0 Å². The van der Waals surface area contributed by atoms with Crippen LogP contribution >= 0.6 is 15.9 Å². The third kappa shape index (κ3) is 13.0. The Morgan fingerprint density at radius 3 is 1.59 bits per heavy atom. The monoisotopic (exact) mass is 1180 g/mol. The summed E-state index contributed by atoms with van der Waals surface area (Å²) in [6.45, 7) is 14.0. The Bertz CT molecular complexity index is 3290. The molecule has 0 saturated carbocycles. The fourth-order valence-corrected chi connectivity index (χ4v) is 9.49. The zero-order valence-electron chi connectivity index (χ0n) is 43.9. The summed E-state index contributed by atoms with van der Waals surface area (Å²) in [5.41, 5.74) is 1.73. The van der Waals surface area contributed by atoms with E-state index < -0.39 is 68.8 Å². The molecule has 422 valence electrons. The van der Waals surface area contributed by atoms with Gasteiger partial charge in [-0.3, -0.25) is 30.0 Å². The van der Waals surface area contributed by atoms with Gasteiger partial charge in [0, 0.05) is 75.3 Å². The predicted octanol–water partition coefficient (Wildman–Crippen LogP) is 9.06. The van der Waals surface area contributed by atoms with Gasteiger partial charge < -0.3 is 27.9 Å². The Hall–Kier alpha value is -7.60. The van der Waals surface area contributed by atoms with E-state index in [2.05, 4.69) is 66.4 Å². The third-order valence-electron chi connectivity index (χ3n) is 13.9. The van der Waals surface area contributed by atoms with Gasteiger partial charge in [-0.25, -0.2) is 49.5 Å². The number of aromatic nitrogens is 8. The third-order valence-corrected chi connectivity index (χ3v) is 14.4. The van der Waals surface area contributed by atoms with Crippen LogP contribution in [0.2, 0.25) is 0 Å².